The Hall–Kier alpha value is -1.38. The van der Waals surface area contributed by atoms with Gasteiger partial charge in [0.2, 0.25) is 5.78 Å². The van der Waals surface area contributed by atoms with Crippen LogP contribution in [-0.4, -0.2) is 15.6 Å². The second kappa shape index (κ2) is 4.91. The molecule has 15 heavy (non-hydrogen) atoms. The van der Waals surface area contributed by atoms with Gasteiger partial charge >= 0.3 is 0 Å². The van der Waals surface area contributed by atoms with E-state index in [4.69, 9.17) is 0 Å². The van der Waals surface area contributed by atoms with Crippen LogP contribution >= 0.6 is 0 Å². The number of nitrogens with zero attached hydrogens (tertiary/aromatic N) is 2. The van der Waals surface area contributed by atoms with Gasteiger partial charge in [-0.1, -0.05) is 12.5 Å². The average Bonchev–Trinajstić information content (AvgIpc) is 2.59. The smallest absolute Gasteiger partial charge is 0.203 e. The van der Waals surface area contributed by atoms with Gasteiger partial charge in [-0.3, -0.25) is 9.48 Å². The summed E-state index contributed by atoms with van der Waals surface area (Å²) in [5.41, 5.74) is 2.68. The van der Waals surface area contributed by atoms with Gasteiger partial charge < -0.3 is 0 Å². The molecular formula is C12H18N2O. The number of hydrogen-bond acceptors (Lipinski definition) is 2. The molecule has 0 spiro atoms. The first-order chi connectivity index (χ1) is 7.08. The molecule has 1 heterocycles. The van der Waals surface area contributed by atoms with Crippen LogP contribution in [0.1, 0.15) is 43.9 Å². The number of ketones is 1. The summed E-state index contributed by atoms with van der Waals surface area (Å²) in [6.07, 6.45) is 2.52. The lowest BCUT2D eigenvalue weighted by Crippen LogP contribution is -2.07. The first-order valence-electron chi connectivity index (χ1n) is 5.34. The number of rotatable bonds is 4. The fraction of sp³-hybridized carbons (Fsp3) is 0.500. The van der Waals surface area contributed by atoms with Crippen LogP contribution in [0.25, 0.3) is 0 Å². The highest BCUT2D eigenvalue weighted by atomic mass is 16.1. The van der Waals surface area contributed by atoms with Gasteiger partial charge in [0.25, 0.3) is 0 Å². The van der Waals surface area contributed by atoms with Crippen LogP contribution in [0.5, 0.6) is 0 Å². The summed E-state index contributed by atoms with van der Waals surface area (Å²) in [7, 11) is 0. The van der Waals surface area contributed by atoms with E-state index in [1.807, 2.05) is 33.8 Å². The van der Waals surface area contributed by atoms with Crippen LogP contribution in [0, 0.1) is 0 Å². The summed E-state index contributed by atoms with van der Waals surface area (Å²) in [4.78, 5) is 11.8. The Morgan fingerprint density at radius 2 is 2.13 bits per heavy atom. The number of carbonyl (C=O) groups excluding carboxylic acids is 1. The van der Waals surface area contributed by atoms with Gasteiger partial charge in [-0.15, -0.1) is 0 Å². The van der Waals surface area contributed by atoms with E-state index >= 15 is 0 Å². The summed E-state index contributed by atoms with van der Waals surface area (Å²) in [6.45, 7) is 8.61. The molecule has 0 saturated carbocycles. The van der Waals surface area contributed by atoms with E-state index in [-0.39, 0.29) is 5.78 Å². The molecule has 3 heteroatoms. The second-order valence-corrected chi connectivity index (χ2v) is 3.78. The molecular weight excluding hydrogens is 188 g/mol. The molecule has 0 bridgehead atoms. The molecule has 1 aromatic rings. The molecule has 3 nitrogen and oxygen atoms in total. The van der Waals surface area contributed by atoms with Gasteiger partial charge in [-0.25, -0.2) is 0 Å². The van der Waals surface area contributed by atoms with Gasteiger partial charge in [0, 0.05) is 6.54 Å². The summed E-state index contributed by atoms with van der Waals surface area (Å²) in [6, 6.07) is 1.88. The minimum atomic E-state index is 0.0454. The maximum Gasteiger partial charge on any atom is 0.203 e. The highest BCUT2D eigenvalue weighted by Crippen LogP contribution is 2.08. The lowest BCUT2D eigenvalue weighted by atomic mass is 10.2. The first kappa shape index (κ1) is 11.7. The standard InChI is InChI=1S/C12H18N2O/c1-5-10-8-11(14(6-2)13-10)12(15)7-9(3)4/h7-8H,5-6H2,1-4H3. The van der Waals surface area contributed by atoms with Crippen LogP contribution in [0.2, 0.25) is 0 Å². The zero-order chi connectivity index (χ0) is 11.4. The highest BCUT2D eigenvalue weighted by Gasteiger charge is 2.11. The Balaban J connectivity index is 3.07. The molecule has 0 N–H and O–H groups in total. The van der Waals surface area contributed by atoms with Crippen molar-refractivity contribution < 1.29 is 4.79 Å². The van der Waals surface area contributed by atoms with E-state index in [1.165, 1.54) is 0 Å². The molecule has 0 atom stereocenters. The minimum absolute atomic E-state index is 0.0454. The summed E-state index contributed by atoms with van der Waals surface area (Å²) < 4.78 is 1.76. The van der Waals surface area contributed by atoms with Crippen LogP contribution in [0.4, 0.5) is 0 Å². The predicted octanol–water partition coefficient (Wildman–Crippen LogP) is 2.61. The molecule has 0 aliphatic heterocycles. The maximum absolute atomic E-state index is 11.8. The van der Waals surface area contributed by atoms with E-state index < -0.39 is 0 Å². The monoisotopic (exact) mass is 206 g/mol. The number of carbonyl (C=O) groups is 1. The van der Waals surface area contributed by atoms with E-state index in [0.717, 1.165) is 24.2 Å². The molecule has 0 aliphatic carbocycles. The van der Waals surface area contributed by atoms with Gasteiger partial charge in [0.05, 0.1) is 5.69 Å². The van der Waals surface area contributed by atoms with Crippen molar-refractivity contribution in [2.24, 2.45) is 0 Å². The normalized spacial score (nSPS) is 10.1. The number of allylic oxidation sites excluding steroid dienone is 2. The van der Waals surface area contributed by atoms with E-state index in [1.54, 1.807) is 10.8 Å². The van der Waals surface area contributed by atoms with Crippen LogP contribution in [0.3, 0.4) is 0 Å². The second-order valence-electron chi connectivity index (χ2n) is 3.78. The van der Waals surface area contributed by atoms with Crippen LogP contribution in [-0.2, 0) is 13.0 Å². The molecule has 1 aromatic heterocycles. The topological polar surface area (TPSA) is 34.9 Å². The Bertz CT molecular complexity index is 384. The fourth-order valence-corrected chi connectivity index (χ4v) is 1.42. The molecule has 1 rings (SSSR count). The lowest BCUT2D eigenvalue weighted by molar-refractivity contribution is 0.103. The zero-order valence-electron chi connectivity index (χ0n) is 9.87. The van der Waals surface area contributed by atoms with Crippen molar-refractivity contribution in [3.8, 4) is 0 Å². The summed E-state index contributed by atoms with van der Waals surface area (Å²) in [5, 5.41) is 4.34. The zero-order valence-corrected chi connectivity index (χ0v) is 9.87. The summed E-state index contributed by atoms with van der Waals surface area (Å²) in [5.74, 6) is 0.0454. The largest absolute Gasteiger partial charge is 0.288 e. The van der Waals surface area contributed by atoms with E-state index in [2.05, 4.69) is 5.10 Å². The molecule has 0 aliphatic rings. The van der Waals surface area contributed by atoms with Crippen molar-refractivity contribution in [1.82, 2.24) is 9.78 Å². The minimum Gasteiger partial charge on any atom is -0.288 e. The van der Waals surface area contributed by atoms with Crippen molar-refractivity contribution >= 4 is 5.78 Å². The predicted molar refractivity (Wildman–Crippen MR) is 61.0 cm³/mol. The fourth-order valence-electron chi connectivity index (χ4n) is 1.42. The Kier molecular flexibility index (Phi) is 3.83. The lowest BCUT2D eigenvalue weighted by Gasteiger charge is -2.00. The molecule has 82 valence electrons. The van der Waals surface area contributed by atoms with Crippen LogP contribution < -0.4 is 0 Å². The maximum atomic E-state index is 11.8. The van der Waals surface area contributed by atoms with E-state index in [9.17, 15) is 4.79 Å². The quantitative estimate of drug-likeness (QED) is 0.560. The third kappa shape index (κ3) is 2.78. The van der Waals surface area contributed by atoms with Crippen molar-refractivity contribution in [2.75, 3.05) is 0 Å². The average molecular weight is 206 g/mol. The molecule has 0 fully saturated rings. The van der Waals surface area contributed by atoms with E-state index in [0.29, 0.717) is 5.69 Å². The van der Waals surface area contributed by atoms with Gasteiger partial charge in [0.1, 0.15) is 5.69 Å². The SMILES string of the molecule is CCc1cc(C(=O)C=C(C)C)n(CC)n1. The Labute approximate surface area is 90.8 Å². The molecule has 0 radical (unpaired) electrons. The highest BCUT2D eigenvalue weighted by molar-refractivity contribution is 6.03. The van der Waals surface area contributed by atoms with Crippen molar-refractivity contribution in [2.45, 2.75) is 40.7 Å². The molecule has 0 amide bonds. The third-order valence-electron chi connectivity index (χ3n) is 2.16. The third-order valence-corrected chi connectivity index (χ3v) is 2.16. The number of hydrogen-bond donors (Lipinski definition) is 0. The van der Waals surface area contributed by atoms with Gasteiger partial charge in [-0.05, 0) is 39.3 Å². The molecule has 0 aromatic carbocycles. The van der Waals surface area contributed by atoms with Crippen molar-refractivity contribution in [3.05, 3.63) is 29.1 Å². The summed E-state index contributed by atoms with van der Waals surface area (Å²) >= 11 is 0. The van der Waals surface area contributed by atoms with Gasteiger partial charge in [0.15, 0.2) is 0 Å². The van der Waals surface area contributed by atoms with Crippen molar-refractivity contribution in [3.63, 3.8) is 0 Å². The Morgan fingerprint density at radius 1 is 1.47 bits per heavy atom. The first-order valence-corrected chi connectivity index (χ1v) is 5.34. The Morgan fingerprint density at radius 3 is 2.60 bits per heavy atom. The van der Waals surface area contributed by atoms with Gasteiger partial charge in [-0.2, -0.15) is 5.10 Å². The van der Waals surface area contributed by atoms with Crippen LogP contribution in [0.15, 0.2) is 17.7 Å². The molecule has 0 unspecified atom stereocenters. The molecule has 0 saturated heterocycles. The number of aryl methyl sites for hydroxylation is 2. The van der Waals surface area contributed by atoms with Crippen molar-refractivity contribution in [1.29, 1.82) is 0 Å². The number of aromatic nitrogens is 2.